The Balaban J connectivity index is 2.18. The van der Waals surface area contributed by atoms with Gasteiger partial charge in [0.15, 0.2) is 0 Å². The van der Waals surface area contributed by atoms with Crippen molar-refractivity contribution < 1.29 is 14.3 Å². The van der Waals surface area contributed by atoms with Crippen LogP contribution >= 0.6 is 0 Å². The van der Waals surface area contributed by atoms with Gasteiger partial charge in [-0.05, 0) is 26.2 Å². The largest absolute Gasteiger partial charge is 0.379 e. The van der Waals surface area contributed by atoms with Crippen molar-refractivity contribution >= 4 is 5.91 Å². The van der Waals surface area contributed by atoms with Crippen molar-refractivity contribution in [2.75, 3.05) is 32.9 Å². The van der Waals surface area contributed by atoms with Gasteiger partial charge >= 0.3 is 0 Å². The predicted octanol–water partition coefficient (Wildman–Crippen LogP) is 0.768. The molecule has 1 unspecified atom stereocenters. The van der Waals surface area contributed by atoms with E-state index in [-0.39, 0.29) is 18.1 Å². The van der Waals surface area contributed by atoms with Crippen LogP contribution < -0.4 is 5.73 Å². The highest BCUT2D eigenvalue weighted by Crippen LogP contribution is 2.14. The van der Waals surface area contributed by atoms with Gasteiger partial charge in [-0.15, -0.1) is 0 Å². The molecule has 1 fully saturated rings. The van der Waals surface area contributed by atoms with E-state index >= 15 is 0 Å². The zero-order valence-electron chi connectivity index (χ0n) is 11.6. The van der Waals surface area contributed by atoms with Crippen molar-refractivity contribution in [2.24, 2.45) is 5.73 Å². The van der Waals surface area contributed by atoms with Gasteiger partial charge in [0.2, 0.25) is 5.91 Å². The average molecular weight is 258 g/mol. The van der Waals surface area contributed by atoms with E-state index in [1.807, 2.05) is 18.7 Å². The number of nitrogens with two attached hydrogens (primary N) is 1. The molecule has 0 aromatic heterocycles. The molecular weight excluding hydrogens is 232 g/mol. The number of carbonyl (C=O) groups is 1. The summed E-state index contributed by atoms with van der Waals surface area (Å²) < 4.78 is 10.9. The van der Waals surface area contributed by atoms with Gasteiger partial charge in [0.05, 0.1) is 25.4 Å². The summed E-state index contributed by atoms with van der Waals surface area (Å²) in [5.74, 6) is 0.0743. The number of ether oxygens (including phenoxy) is 2. The molecule has 0 aromatic carbocycles. The van der Waals surface area contributed by atoms with Crippen LogP contribution in [0.2, 0.25) is 0 Å². The fourth-order valence-electron chi connectivity index (χ4n) is 2.07. The van der Waals surface area contributed by atoms with E-state index in [9.17, 15) is 4.79 Å². The lowest BCUT2D eigenvalue weighted by atomic mass is 10.1. The highest BCUT2D eigenvalue weighted by atomic mass is 16.5. The minimum absolute atomic E-state index is 0.0743. The van der Waals surface area contributed by atoms with Crippen LogP contribution in [-0.4, -0.2) is 55.9 Å². The van der Waals surface area contributed by atoms with E-state index in [0.717, 1.165) is 32.5 Å². The van der Waals surface area contributed by atoms with E-state index in [4.69, 9.17) is 15.2 Å². The molecule has 5 heteroatoms. The van der Waals surface area contributed by atoms with E-state index in [1.54, 1.807) is 0 Å². The first kappa shape index (κ1) is 15.4. The quantitative estimate of drug-likeness (QED) is 0.685. The van der Waals surface area contributed by atoms with Crippen LogP contribution in [0.25, 0.3) is 0 Å². The molecule has 1 atom stereocenters. The Labute approximate surface area is 110 Å². The number of nitrogens with zero attached hydrogens (tertiary/aromatic N) is 1. The second-order valence-electron chi connectivity index (χ2n) is 4.61. The third-order valence-electron chi connectivity index (χ3n) is 3.30. The molecule has 5 nitrogen and oxygen atoms in total. The molecule has 1 heterocycles. The Hall–Kier alpha value is -0.650. The maximum Gasteiger partial charge on any atom is 0.239 e. The van der Waals surface area contributed by atoms with Gasteiger partial charge in [0, 0.05) is 19.7 Å². The number of hydrogen-bond donors (Lipinski definition) is 1. The molecule has 0 aromatic rings. The molecule has 0 bridgehead atoms. The van der Waals surface area contributed by atoms with Crippen molar-refractivity contribution in [1.29, 1.82) is 0 Å². The Morgan fingerprint density at radius 3 is 2.56 bits per heavy atom. The number of amides is 1. The summed E-state index contributed by atoms with van der Waals surface area (Å²) in [6.07, 6.45) is 2.75. The lowest BCUT2D eigenvalue weighted by molar-refractivity contribution is -0.135. The third kappa shape index (κ3) is 4.92. The first-order valence-corrected chi connectivity index (χ1v) is 6.92. The summed E-state index contributed by atoms with van der Waals surface area (Å²) in [5, 5.41) is 0. The fourth-order valence-corrected chi connectivity index (χ4v) is 2.07. The van der Waals surface area contributed by atoms with Crippen LogP contribution in [0.1, 0.15) is 33.1 Å². The van der Waals surface area contributed by atoms with Crippen LogP contribution in [0, 0.1) is 0 Å². The molecule has 1 amide bonds. The standard InChI is InChI=1S/C13H26N2O3/c1-3-12(14)13(16)15-7-5-11(6-8-15)18-10-9-17-4-2/h11-12H,3-10,14H2,1-2H3. The Morgan fingerprint density at radius 2 is 2.00 bits per heavy atom. The van der Waals surface area contributed by atoms with Gasteiger partial charge < -0.3 is 20.1 Å². The van der Waals surface area contributed by atoms with E-state index in [1.165, 1.54) is 0 Å². The van der Waals surface area contributed by atoms with Crippen molar-refractivity contribution in [3.05, 3.63) is 0 Å². The number of rotatable bonds is 7. The first-order chi connectivity index (χ1) is 8.69. The van der Waals surface area contributed by atoms with E-state index in [2.05, 4.69) is 0 Å². The smallest absolute Gasteiger partial charge is 0.239 e. The molecule has 0 saturated carbocycles. The van der Waals surface area contributed by atoms with Crippen molar-refractivity contribution in [3.8, 4) is 0 Å². The van der Waals surface area contributed by atoms with Crippen molar-refractivity contribution in [2.45, 2.75) is 45.3 Å². The molecule has 1 aliphatic rings. The Bertz CT molecular complexity index is 240. The maximum atomic E-state index is 11.9. The molecule has 1 aliphatic heterocycles. The Morgan fingerprint density at radius 1 is 1.33 bits per heavy atom. The number of hydrogen-bond acceptors (Lipinski definition) is 4. The highest BCUT2D eigenvalue weighted by Gasteiger charge is 2.25. The molecule has 1 saturated heterocycles. The van der Waals surface area contributed by atoms with Crippen molar-refractivity contribution in [1.82, 2.24) is 4.90 Å². The van der Waals surface area contributed by atoms with Crippen LogP contribution in [0.3, 0.4) is 0 Å². The molecule has 0 aliphatic carbocycles. The monoisotopic (exact) mass is 258 g/mol. The van der Waals surface area contributed by atoms with Crippen molar-refractivity contribution in [3.63, 3.8) is 0 Å². The second-order valence-corrected chi connectivity index (χ2v) is 4.61. The summed E-state index contributed by atoms with van der Waals surface area (Å²) in [4.78, 5) is 13.7. The molecule has 0 spiro atoms. The fraction of sp³-hybridized carbons (Fsp3) is 0.923. The molecule has 2 N–H and O–H groups in total. The number of carbonyl (C=O) groups excluding carboxylic acids is 1. The summed E-state index contributed by atoms with van der Waals surface area (Å²) in [6.45, 7) is 7.44. The summed E-state index contributed by atoms with van der Waals surface area (Å²) in [6, 6.07) is -0.347. The Kier molecular flexibility index (Phi) is 7.23. The van der Waals surface area contributed by atoms with Crippen LogP contribution in [0.4, 0.5) is 0 Å². The maximum absolute atomic E-state index is 11.9. The molecular formula is C13H26N2O3. The lowest BCUT2D eigenvalue weighted by Crippen LogP contribution is -2.48. The highest BCUT2D eigenvalue weighted by molar-refractivity contribution is 5.81. The average Bonchev–Trinajstić information content (AvgIpc) is 2.42. The van der Waals surface area contributed by atoms with Gasteiger partial charge in [-0.25, -0.2) is 0 Å². The van der Waals surface area contributed by atoms with Crippen LogP contribution in [-0.2, 0) is 14.3 Å². The summed E-state index contributed by atoms with van der Waals surface area (Å²) in [7, 11) is 0. The molecule has 106 valence electrons. The normalized spacial score (nSPS) is 18.9. The SMILES string of the molecule is CCOCCOC1CCN(C(=O)C(N)CC)CC1. The summed E-state index contributed by atoms with van der Waals surface area (Å²) in [5.41, 5.74) is 5.76. The zero-order valence-corrected chi connectivity index (χ0v) is 11.6. The van der Waals surface area contributed by atoms with Crippen LogP contribution in [0.15, 0.2) is 0 Å². The minimum Gasteiger partial charge on any atom is -0.379 e. The molecule has 0 radical (unpaired) electrons. The topological polar surface area (TPSA) is 64.8 Å². The summed E-state index contributed by atoms with van der Waals surface area (Å²) >= 11 is 0. The van der Waals surface area contributed by atoms with E-state index < -0.39 is 0 Å². The van der Waals surface area contributed by atoms with Gasteiger partial charge in [-0.2, -0.15) is 0 Å². The predicted molar refractivity (Wildman–Crippen MR) is 70.3 cm³/mol. The molecule has 1 rings (SSSR count). The van der Waals surface area contributed by atoms with Gasteiger partial charge in [-0.1, -0.05) is 6.92 Å². The number of piperidine rings is 1. The van der Waals surface area contributed by atoms with E-state index in [0.29, 0.717) is 19.6 Å². The first-order valence-electron chi connectivity index (χ1n) is 6.92. The third-order valence-corrected chi connectivity index (χ3v) is 3.30. The van der Waals surface area contributed by atoms with Gasteiger partial charge in [0.1, 0.15) is 0 Å². The second kappa shape index (κ2) is 8.45. The number of likely N-dealkylation sites (tertiary alicyclic amines) is 1. The van der Waals surface area contributed by atoms with Crippen LogP contribution in [0.5, 0.6) is 0 Å². The lowest BCUT2D eigenvalue weighted by Gasteiger charge is -2.33. The molecule has 18 heavy (non-hydrogen) atoms. The minimum atomic E-state index is -0.347. The van der Waals surface area contributed by atoms with Gasteiger partial charge in [0.25, 0.3) is 0 Å². The van der Waals surface area contributed by atoms with Gasteiger partial charge in [-0.3, -0.25) is 4.79 Å². The zero-order chi connectivity index (χ0) is 13.4.